The standard InChI is InChI=1S/C25H20N2O9/c1-33-16-6-4-15(5-7-16)27-23(29)18(22(28)26-25(27)32)11-14-3-9-19(21(12-14)34-2)35-13-17-8-10-20(36-17)24(30)31/h3-12H,13H2,1-2H3,(H,30,31)(H,26,28,32). The van der Waals surface area contributed by atoms with E-state index >= 15 is 0 Å². The van der Waals surface area contributed by atoms with E-state index in [4.69, 9.17) is 23.7 Å². The van der Waals surface area contributed by atoms with E-state index in [1.54, 1.807) is 30.3 Å². The van der Waals surface area contributed by atoms with Crippen LogP contribution in [-0.2, 0) is 16.2 Å². The number of ether oxygens (including phenoxy) is 3. The van der Waals surface area contributed by atoms with Gasteiger partial charge in [0.25, 0.3) is 11.8 Å². The highest BCUT2D eigenvalue weighted by Crippen LogP contribution is 2.31. The van der Waals surface area contributed by atoms with Crippen LogP contribution in [0.2, 0.25) is 0 Å². The molecule has 4 amide bonds. The van der Waals surface area contributed by atoms with Gasteiger partial charge in [0.2, 0.25) is 5.76 Å². The Balaban J connectivity index is 1.56. The van der Waals surface area contributed by atoms with Crippen LogP contribution in [0.25, 0.3) is 6.08 Å². The molecule has 0 radical (unpaired) electrons. The van der Waals surface area contributed by atoms with Gasteiger partial charge in [0.15, 0.2) is 11.5 Å². The number of rotatable bonds is 8. The van der Waals surface area contributed by atoms with Crippen molar-refractivity contribution in [1.29, 1.82) is 0 Å². The molecule has 1 aromatic heterocycles. The Bertz CT molecular complexity index is 1370. The van der Waals surface area contributed by atoms with E-state index in [2.05, 4.69) is 5.32 Å². The lowest BCUT2D eigenvalue weighted by molar-refractivity contribution is -0.122. The van der Waals surface area contributed by atoms with Gasteiger partial charge in [-0.15, -0.1) is 0 Å². The second kappa shape index (κ2) is 10.1. The molecule has 184 valence electrons. The Labute approximate surface area is 204 Å². The molecule has 0 atom stereocenters. The van der Waals surface area contributed by atoms with Crippen molar-refractivity contribution in [1.82, 2.24) is 5.32 Å². The van der Waals surface area contributed by atoms with Crippen molar-refractivity contribution in [3.05, 3.63) is 77.3 Å². The number of methoxy groups -OCH3 is 2. The van der Waals surface area contributed by atoms with Crippen LogP contribution in [-0.4, -0.2) is 43.1 Å². The summed E-state index contributed by atoms with van der Waals surface area (Å²) in [5.41, 5.74) is 0.452. The van der Waals surface area contributed by atoms with E-state index < -0.39 is 23.8 Å². The number of nitrogens with one attached hydrogen (secondary N) is 1. The second-order valence-electron chi connectivity index (χ2n) is 7.43. The molecule has 2 N–H and O–H groups in total. The summed E-state index contributed by atoms with van der Waals surface area (Å²) < 4.78 is 21.3. The fourth-order valence-corrected chi connectivity index (χ4v) is 3.40. The molecule has 1 aliphatic rings. The number of carbonyl (C=O) groups is 4. The average molecular weight is 492 g/mol. The molecule has 0 unspecified atom stereocenters. The van der Waals surface area contributed by atoms with Crippen LogP contribution >= 0.6 is 0 Å². The molecule has 1 aliphatic heterocycles. The first-order valence-electron chi connectivity index (χ1n) is 10.5. The molecule has 4 rings (SSSR count). The third-order valence-corrected chi connectivity index (χ3v) is 5.17. The minimum atomic E-state index is -1.19. The summed E-state index contributed by atoms with van der Waals surface area (Å²) in [5, 5.41) is 11.1. The molecule has 11 heteroatoms. The molecular formula is C25H20N2O9. The Kier molecular flexibility index (Phi) is 6.72. The second-order valence-corrected chi connectivity index (χ2v) is 7.43. The maximum absolute atomic E-state index is 13.1. The van der Waals surface area contributed by atoms with E-state index in [1.807, 2.05) is 0 Å². The molecule has 0 bridgehead atoms. The normalized spacial score (nSPS) is 14.6. The van der Waals surface area contributed by atoms with Crippen LogP contribution in [0, 0.1) is 0 Å². The molecule has 1 fully saturated rings. The highest BCUT2D eigenvalue weighted by molar-refractivity contribution is 6.39. The smallest absolute Gasteiger partial charge is 0.371 e. The van der Waals surface area contributed by atoms with Crippen molar-refractivity contribution < 1.29 is 42.9 Å². The number of hydrogen-bond donors (Lipinski definition) is 2. The third-order valence-electron chi connectivity index (χ3n) is 5.17. The number of aromatic carboxylic acids is 1. The van der Waals surface area contributed by atoms with E-state index in [-0.39, 0.29) is 23.6 Å². The van der Waals surface area contributed by atoms with E-state index in [1.165, 1.54) is 44.6 Å². The summed E-state index contributed by atoms with van der Waals surface area (Å²) in [6, 6.07) is 12.9. The number of barbiturate groups is 1. The van der Waals surface area contributed by atoms with Crippen molar-refractivity contribution in [2.75, 3.05) is 19.1 Å². The van der Waals surface area contributed by atoms with Gasteiger partial charge in [-0.3, -0.25) is 14.9 Å². The monoisotopic (exact) mass is 492 g/mol. The molecule has 36 heavy (non-hydrogen) atoms. The Morgan fingerprint density at radius 2 is 1.75 bits per heavy atom. The van der Waals surface area contributed by atoms with Crippen LogP contribution < -0.4 is 24.4 Å². The Hall–Kier alpha value is -5.06. The molecular weight excluding hydrogens is 472 g/mol. The van der Waals surface area contributed by atoms with Crippen molar-refractivity contribution in [2.24, 2.45) is 0 Å². The van der Waals surface area contributed by atoms with Crippen LogP contribution in [0.5, 0.6) is 17.2 Å². The number of anilines is 1. The molecule has 2 aromatic carbocycles. The van der Waals surface area contributed by atoms with Crippen LogP contribution in [0.15, 0.2) is 64.6 Å². The van der Waals surface area contributed by atoms with E-state index in [0.29, 0.717) is 28.6 Å². The average Bonchev–Trinajstić information content (AvgIpc) is 3.35. The van der Waals surface area contributed by atoms with Gasteiger partial charge in [0.1, 0.15) is 23.7 Å². The summed E-state index contributed by atoms with van der Waals surface area (Å²) in [4.78, 5) is 49.7. The summed E-state index contributed by atoms with van der Waals surface area (Å²) in [6.07, 6.45) is 1.33. The molecule has 11 nitrogen and oxygen atoms in total. The maximum atomic E-state index is 13.1. The molecule has 2 heterocycles. The lowest BCUT2D eigenvalue weighted by Gasteiger charge is -2.26. The van der Waals surface area contributed by atoms with Gasteiger partial charge >= 0.3 is 12.0 Å². The SMILES string of the molecule is COc1ccc(N2C(=O)NC(=O)C(=Cc3ccc(OCc4ccc(C(=O)O)o4)c(OC)c3)C2=O)cc1. The minimum Gasteiger partial charge on any atom is -0.497 e. The van der Waals surface area contributed by atoms with Crippen molar-refractivity contribution in [3.63, 3.8) is 0 Å². The predicted octanol–water partition coefficient (Wildman–Crippen LogP) is 3.24. The Morgan fingerprint density at radius 3 is 2.39 bits per heavy atom. The molecule has 0 spiro atoms. The first-order chi connectivity index (χ1) is 17.3. The van der Waals surface area contributed by atoms with Crippen molar-refractivity contribution in [3.8, 4) is 17.2 Å². The topological polar surface area (TPSA) is 145 Å². The fraction of sp³-hybridized carbons (Fsp3) is 0.120. The van der Waals surface area contributed by atoms with Gasteiger partial charge in [-0.25, -0.2) is 14.5 Å². The Morgan fingerprint density at radius 1 is 1.00 bits per heavy atom. The lowest BCUT2D eigenvalue weighted by atomic mass is 10.1. The number of hydrogen-bond acceptors (Lipinski definition) is 8. The highest BCUT2D eigenvalue weighted by Gasteiger charge is 2.36. The fourth-order valence-electron chi connectivity index (χ4n) is 3.40. The van der Waals surface area contributed by atoms with Gasteiger partial charge in [0, 0.05) is 0 Å². The number of carbonyl (C=O) groups excluding carboxylic acids is 3. The van der Waals surface area contributed by atoms with Gasteiger partial charge < -0.3 is 23.7 Å². The van der Waals surface area contributed by atoms with Gasteiger partial charge in [0.05, 0.1) is 19.9 Å². The summed E-state index contributed by atoms with van der Waals surface area (Å²) in [7, 11) is 2.90. The number of furan rings is 1. The predicted molar refractivity (Wildman–Crippen MR) is 125 cm³/mol. The van der Waals surface area contributed by atoms with Gasteiger partial charge in [-0.1, -0.05) is 6.07 Å². The molecule has 1 saturated heterocycles. The summed E-state index contributed by atoms with van der Waals surface area (Å²) in [5.74, 6) is -1.57. The zero-order chi connectivity index (χ0) is 25.8. The zero-order valence-corrected chi connectivity index (χ0v) is 19.1. The first-order valence-corrected chi connectivity index (χ1v) is 10.5. The number of imide groups is 2. The third kappa shape index (κ3) is 4.89. The molecule has 0 aliphatic carbocycles. The molecule has 3 aromatic rings. The van der Waals surface area contributed by atoms with Gasteiger partial charge in [-0.05, 0) is 60.2 Å². The summed E-state index contributed by atoms with van der Waals surface area (Å²) >= 11 is 0. The van der Waals surface area contributed by atoms with Crippen LogP contribution in [0.4, 0.5) is 10.5 Å². The quantitative estimate of drug-likeness (QED) is 0.358. The zero-order valence-electron chi connectivity index (χ0n) is 19.1. The van der Waals surface area contributed by atoms with E-state index in [9.17, 15) is 19.2 Å². The lowest BCUT2D eigenvalue weighted by Crippen LogP contribution is -2.54. The number of benzene rings is 2. The minimum absolute atomic E-state index is 0.0517. The molecule has 0 saturated carbocycles. The van der Waals surface area contributed by atoms with Gasteiger partial charge in [-0.2, -0.15) is 0 Å². The van der Waals surface area contributed by atoms with Crippen molar-refractivity contribution >= 4 is 35.6 Å². The number of nitrogens with zero attached hydrogens (tertiary/aromatic N) is 1. The number of carboxylic acids is 1. The van der Waals surface area contributed by atoms with E-state index in [0.717, 1.165) is 4.90 Å². The number of amides is 4. The maximum Gasteiger partial charge on any atom is 0.371 e. The largest absolute Gasteiger partial charge is 0.497 e. The number of urea groups is 1. The first kappa shape index (κ1) is 24.1. The van der Waals surface area contributed by atoms with Crippen molar-refractivity contribution in [2.45, 2.75) is 6.61 Å². The summed E-state index contributed by atoms with van der Waals surface area (Å²) in [6.45, 7) is -0.0517. The number of carboxylic acid groups (broad SMARTS) is 1. The van der Waals surface area contributed by atoms with Crippen LogP contribution in [0.3, 0.4) is 0 Å². The van der Waals surface area contributed by atoms with Crippen LogP contribution in [0.1, 0.15) is 21.9 Å². The highest BCUT2D eigenvalue weighted by atomic mass is 16.5.